The molecule has 1 aliphatic rings. The molecule has 0 aliphatic carbocycles. The van der Waals surface area contributed by atoms with Crippen molar-refractivity contribution in [1.82, 2.24) is 4.98 Å². The fraction of sp³-hybridized carbons (Fsp3) is 0.556. The Kier molecular flexibility index (Phi) is 4.37. The fourth-order valence-corrected chi connectivity index (χ4v) is 4.68. The molecule has 2 N–H and O–H groups in total. The van der Waals surface area contributed by atoms with Gasteiger partial charge in [0.05, 0.1) is 5.51 Å². The van der Waals surface area contributed by atoms with Crippen LogP contribution in [0.4, 0.5) is 5.00 Å². The van der Waals surface area contributed by atoms with E-state index in [1.165, 1.54) is 22.8 Å². The summed E-state index contributed by atoms with van der Waals surface area (Å²) in [5.41, 5.74) is 1.70. The molecule has 0 amide bonds. The molecule has 0 spiro atoms. The number of hydrogen-bond acceptors (Lipinski definition) is 6. The van der Waals surface area contributed by atoms with Crippen LogP contribution in [-0.4, -0.2) is 45.1 Å². The Hall–Kier alpha value is -0.400. The third kappa shape index (κ3) is 3.05. The van der Waals surface area contributed by atoms with Crippen LogP contribution in [0.1, 0.15) is 10.5 Å². The van der Waals surface area contributed by atoms with Crippen LogP contribution in [0.3, 0.4) is 0 Å². The molecule has 1 atom stereocenters. The van der Waals surface area contributed by atoms with Gasteiger partial charge in [0, 0.05) is 29.1 Å². The maximum absolute atomic E-state index is 10.8. The quantitative estimate of drug-likeness (QED) is 0.878. The molecule has 2 rings (SSSR count). The van der Waals surface area contributed by atoms with Gasteiger partial charge in [0.15, 0.2) is 5.69 Å². The molecular formula is C9H12N2O2S3. The van der Waals surface area contributed by atoms with Crippen molar-refractivity contribution in [1.29, 1.82) is 0 Å². The van der Waals surface area contributed by atoms with Crippen LogP contribution >= 0.6 is 34.9 Å². The van der Waals surface area contributed by atoms with Crippen molar-refractivity contribution >= 4 is 45.8 Å². The number of carbonyl (C=O) groups is 1. The highest BCUT2D eigenvalue weighted by Gasteiger charge is 2.17. The molecule has 4 nitrogen and oxygen atoms in total. The van der Waals surface area contributed by atoms with E-state index >= 15 is 0 Å². The van der Waals surface area contributed by atoms with E-state index in [1.54, 1.807) is 5.51 Å². The topological polar surface area (TPSA) is 62.2 Å². The Morgan fingerprint density at radius 1 is 1.62 bits per heavy atom. The normalized spacial score (nSPS) is 20.6. The molecule has 1 saturated heterocycles. The van der Waals surface area contributed by atoms with Crippen LogP contribution in [0.5, 0.6) is 0 Å². The van der Waals surface area contributed by atoms with E-state index in [1.807, 2.05) is 23.5 Å². The van der Waals surface area contributed by atoms with Gasteiger partial charge in [0.2, 0.25) is 0 Å². The molecule has 1 aliphatic heterocycles. The van der Waals surface area contributed by atoms with E-state index in [9.17, 15) is 4.79 Å². The van der Waals surface area contributed by atoms with Crippen LogP contribution < -0.4 is 5.32 Å². The maximum Gasteiger partial charge on any atom is 0.357 e. The third-order valence-electron chi connectivity index (χ3n) is 2.15. The number of anilines is 1. The minimum atomic E-state index is -0.963. The summed E-state index contributed by atoms with van der Waals surface area (Å²) in [5.74, 6) is 2.58. The molecule has 1 fully saturated rings. The van der Waals surface area contributed by atoms with Crippen molar-refractivity contribution in [2.75, 3.05) is 29.1 Å². The third-order valence-corrected chi connectivity index (χ3v) is 5.77. The van der Waals surface area contributed by atoms with Crippen molar-refractivity contribution in [3.63, 3.8) is 0 Å². The van der Waals surface area contributed by atoms with Crippen LogP contribution in [0, 0.1) is 0 Å². The zero-order valence-corrected chi connectivity index (χ0v) is 11.0. The van der Waals surface area contributed by atoms with Gasteiger partial charge in [-0.25, -0.2) is 9.78 Å². The zero-order chi connectivity index (χ0) is 11.4. The number of nitrogens with zero attached hydrogens (tertiary/aromatic N) is 1. The van der Waals surface area contributed by atoms with Crippen LogP contribution in [0.2, 0.25) is 0 Å². The summed E-state index contributed by atoms with van der Waals surface area (Å²) >= 11 is 5.26. The Labute approximate surface area is 106 Å². The monoisotopic (exact) mass is 276 g/mol. The second kappa shape index (κ2) is 5.79. The van der Waals surface area contributed by atoms with Gasteiger partial charge < -0.3 is 10.4 Å². The molecule has 1 aromatic heterocycles. The van der Waals surface area contributed by atoms with E-state index in [0.717, 1.165) is 12.3 Å². The number of aromatic carboxylic acids is 1. The summed E-state index contributed by atoms with van der Waals surface area (Å²) < 4.78 is 0. The lowest BCUT2D eigenvalue weighted by Gasteiger charge is -2.21. The highest BCUT2D eigenvalue weighted by Crippen LogP contribution is 2.26. The molecule has 0 saturated carbocycles. The highest BCUT2D eigenvalue weighted by molar-refractivity contribution is 8.06. The van der Waals surface area contributed by atoms with Crippen molar-refractivity contribution in [2.45, 2.75) is 5.25 Å². The second-order valence-electron chi connectivity index (χ2n) is 3.28. The first-order valence-electron chi connectivity index (χ1n) is 4.87. The van der Waals surface area contributed by atoms with Crippen LogP contribution in [0.15, 0.2) is 5.51 Å². The van der Waals surface area contributed by atoms with Crippen molar-refractivity contribution in [3.05, 3.63) is 11.2 Å². The van der Waals surface area contributed by atoms with E-state index in [4.69, 9.17) is 5.11 Å². The number of carboxylic acid groups (broad SMARTS) is 1. The van der Waals surface area contributed by atoms with Gasteiger partial charge in [0.25, 0.3) is 0 Å². The van der Waals surface area contributed by atoms with E-state index in [0.29, 0.717) is 10.3 Å². The summed E-state index contributed by atoms with van der Waals surface area (Å²) in [5, 5.41) is 13.3. The summed E-state index contributed by atoms with van der Waals surface area (Å²) in [6.07, 6.45) is 0. The predicted molar refractivity (Wildman–Crippen MR) is 71.1 cm³/mol. The Morgan fingerprint density at radius 3 is 3.19 bits per heavy atom. The molecular weight excluding hydrogens is 264 g/mol. The molecule has 1 unspecified atom stereocenters. The largest absolute Gasteiger partial charge is 0.476 e. The second-order valence-corrected chi connectivity index (χ2v) is 6.70. The van der Waals surface area contributed by atoms with Crippen molar-refractivity contribution < 1.29 is 9.90 Å². The molecule has 0 aromatic carbocycles. The molecule has 0 bridgehead atoms. The first-order chi connectivity index (χ1) is 7.77. The smallest absolute Gasteiger partial charge is 0.357 e. The maximum atomic E-state index is 10.8. The lowest BCUT2D eigenvalue weighted by molar-refractivity contribution is 0.0692. The van der Waals surface area contributed by atoms with Gasteiger partial charge >= 0.3 is 5.97 Å². The lowest BCUT2D eigenvalue weighted by Crippen LogP contribution is -2.23. The van der Waals surface area contributed by atoms with Gasteiger partial charge in [-0.1, -0.05) is 0 Å². The molecule has 7 heteroatoms. The number of carboxylic acids is 1. The number of rotatable bonds is 4. The van der Waals surface area contributed by atoms with Crippen LogP contribution in [0.25, 0.3) is 0 Å². The predicted octanol–water partition coefficient (Wildman–Crippen LogP) is 2.10. The van der Waals surface area contributed by atoms with Gasteiger partial charge in [-0.3, -0.25) is 0 Å². The van der Waals surface area contributed by atoms with E-state index < -0.39 is 5.97 Å². The molecule has 88 valence electrons. The van der Waals surface area contributed by atoms with Gasteiger partial charge in [-0.2, -0.15) is 23.5 Å². The lowest BCUT2D eigenvalue weighted by atomic mass is 10.4. The average Bonchev–Trinajstić information content (AvgIpc) is 2.76. The number of thioether (sulfide) groups is 2. The van der Waals surface area contributed by atoms with Gasteiger partial charge in [-0.05, 0) is 0 Å². The first kappa shape index (κ1) is 12.1. The summed E-state index contributed by atoms with van der Waals surface area (Å²) in [6.45, 7) is 0.820. The summed E-state index contributed by atoms with van der Waals surface area (Å²) in [7, 11) is 0. The van der Waals surface area contributed by atoms with E-state index in [2.05, 4.69) is 10.3 Å². The fourth-order valence-electron chi connectivity index (χ4n) is 1.38. The SMILES string of the molecule is O=C(O)c1ncsc1NCC1CSCCS1. The van der Waals surface area contributed by atoms with E-state index in [-0.39, 0.29) is 5.69 Å². The first-order valence-corrected chi connectivity index (χ1v) is 7.95. The Bertz CT molecular complexity index is 363. The molecule has 1 aromatic rings. The van der Waals surface area contributed by atoms with Gasteiger partial charge in [-0.15, -0.1) is 11.3 Å². The number of hydrogen-bond donors (Lipinski definition) is 2. The Balaban J connectivity index is 1.88. The summed E-state index contributed by atoms with van der Waals surface area (Å²) in [4.78, 5) is 14.7. The van der Waals surface area contributed by atoms with Crippen molar-refractivity contribution in [2.24, 2.45) is 0 Å². The van der Waals surface area contributed by atoms with Crippen molar-refractivity contribution in [3.8, 4) is 0 Å². The average molecular weight is 276 g/mol. The molecule has 2 heterocycles. The van der Waals surface area contributed by atoms with Crippen LogP contribution in [-0.2, 0) is 0 Å². The van der Waals surface area contributed by atoms with Gasteiger partial charge in [0.1, 0.15) is 5.00 Å². The Morgan fingerprint density at radius 2 is 2.50 bits per heavy atom. The molecule has 16 heavy (non-hydrogen) atoms. The molecule has 0 radical (unpaired) electrons. The highest BCUT2D eigenvalue weighted by atomic mass is 32.2. The zero-order valence-electron chi connectivity index (χ0n) is 8.51. The standard InChI is InChI=1S/C9H12N2O2S3/c12-9(13)7-8(16-5-11-7)10-3-6-4-14-1-2-15-6/h5-6,10H,1-4H2,(H,12,13). The number of nitrogens with one attached hydrogen (secondary N) is 1. The number of thiazole rings is 1. The minimum absolute atomic E-state index is 0.137. The minimum Gasteiger partial charge on any atom is -0.476 e. The summed E-state index contributed by atoms with van der Waals surface area (Å²) in [6, 6.07) is 0. The number of aromatic nitrogens is 1.